The second-order valence-corrected chi connectivity index (χ2v) is 8.16. The summed E-state index contributed by atoms with van der Waals surface area (Å²) in [6, 6.07) is 28.5. The number of likely N-dealkylation sites (N-methyl/N-ethyl adjacent to an activating group) is 1. The van der Waals surface area contributed by atoms with Crippen molar-refractivity contribution in [3.8, 4) is 5.75 Å². The summed E-state index contributed by atoms with van der Waals surface area (Å²) in [6.07, 6.45) is 0. The molecule has 1 amide bonds. The van der Waals surface area contributed by atoms with Gasteiger partial charge in [-0.25, -0.2) is 0 Å². The molecule has 5 heteroatoms. The summed E-state index contributed by atoms with van der Waals surface area (Å²) in [6.45, 7) is 3.86. The van der Waals surface area contributed by atoms with Crippen LogP contribution in [0, 0.1) is 0 Å². The van der Waals surface area contributed by atoms with Crippen LogP contribution in [0.4, 0.5) is 5.69 Å². The zero-order valence-electron chi connectivity index (χ0n) is 18.9. The first kappa shape index (κ1) is 21.9. The van der Waals surface area contributed by atoms with Crippen molar-refractivity contribution in [1.29, 1.82) is 0 Å². The van der Waals surface area contributed by atoms with E-state index in [-0.39, 0.29) is 11.9 Å². The van der Waals surface area contributed by atoms with Crippen molar-refractivity contribution in [3.05, 3.63) is 96.1 Å². The third-order valence-corrected chi connectivity index (χ3v) is 6.17. The standard InChI is InChI=1S/C27H31N3O2/c1-28(27(22-11-5-3-6-12-22)23-13-7-4-8-14-23)26(31)21-29-17-19-30(20-18-29)24-15-9-10-16-25(24)32-2/h3-16,27H,17-21H2,1-2H3. The van der Waals surface area contributed by atoms with Crippen molar-refractivity contribution in [1.82, 2.24) is 9.80 Å². The van der Waals surface area contributed by atoms with Crippen LogP contribution in [0.5, 0.6) is 5.75 Å². The lowest BCUT2D eigenvalue weighted by Crippen LogP contribution is -2.50. The van der Waals surface area contributed by atoms with Crippen LogP contribution in [0.25, 0.3) is 0 Å². The van der Waals surface area contributed by atoms with Gasteiger partial charge in [-0.15, -0.1) is 0 Å². The molecule has 1 aliphatic heterocycles. The number of rotatable bonds is 7. The molecule has 0 spiro atoms. The molecule has 5 nitrogen and oxygen atoms in total. The van der Waals surface area contributed by atoms with E-state index >= 15 is 0 Å². The van der Waals surface area contributed by atoms with Crippen LogP contribution in [-0.2, 0) is 4.79 Å². The molecule has 0 aliphatic carbocycles. The van der Waals surface area contributed by atoms with Gasteiger partial charge in [-0.05, 0) is 23.3 Å². The van der Waals surface area contributed by atoms with Gasteiger partial charge in [0.25, 0.3) is 0 Å². The van der Waals surface area contributed by atoms with Gasteiger partial charge in [-0.1, -0.05) is 72.8 Å². The fraction of sp³-hybridized carbons (Fsp3) is 0.296. The molecule has 0 aromatic heterocycles. The second kappa shape index (κ2) is 10.3. The summed E-state index contributed by atoms with van der Waals surface area (Å²) >= 11 is 0. The number of anilines is 1. The number of hydrogen-bond acceptors (Lipinski definition) is 4. The van der Waals surface area contributed by atoms with Crippen molar-refractivity contribution in [2.24, 2.45) is 0 Å². The third kappa shape index (κ3) is 4.94. The van der Waals surface area contributed by atoms with E-state index in [0.29, 0.717) is 6.54 Å². The lowest BCUT2D eigenvalue weighted by atomic mass is 9.97. The van der Waals surface area contributed by atoms with Gasteiger partial charge in [-0.2, -0.15) is 0 Å². The van der Waals surface area contributed by atoms with E-state index in [1.807, 2.05) is 66.5 Å². The average molecular weight is 430 g/mol. The average Bonchev–Trinajstić information content (AvgIpc) is 2.86. The Kier molecular flexibility index (Phi) is 7.07. The van der Waals surface area contributed by atoms with E-state index in [0.717, 1.165) is 48.7 Å². The maximum atomic E-state index is 13.3. The molecule has 4 rings (SSSR count). The van der Waals surface area contributed by atoms with Crippen LogP contribution in [0.3, 0.4) is 0 Å². The molecule has 0 saturated carbocycles. The van der Waals surface area contributed by atoms with Gasteiger partial charge in [0.05, 0.1) is 25.4 Å². The minimum atomic E-state index is -0.0974. The predicted molar refractivity (Wildman–Crippen MR) is 129 cm³/mol. The van der Waals surface area contributed by atoms with Crippen LogP contribution < -0.4 is 9.64 Å². The molecular weight excluding hydrogens is 398 g/mol. The number of carbonyl (C=O) groups is 1. The molecule has 0 radical (unpaired) electrons. The summed E-state index contributed by atoms with van der Waals surface area (Å²) < 4.78 is 5.52. The molecule has 166 valence electrons. The van der Waals surface area contributed by atoms with Crippen molar-refractivity contribution in [3.63, 3.8) is 0 Å². The van der Waals surface area contributed by atoms with Gasteiger partial charge >= 0.3 is 0 Å². The molecule has 3 aromatic carbocycles. The normalized spacial score (nSPS) is 14.4. The lowest BCUT2D eigenvalue weighted by Gasteiger charge is -2.37. The van der Waals surface area contributed by atoms with Crippen LogP contribution in [0.15, 0.2) is 84.9 Å². The minimum absolute atomic E-state index is 0.0974. The Morgan fingerprint density at radius 3 is 1.94 bits per heavy atom. The molecule has 1 saturated heterocycles. The summed E-state index contributed by atoms with van der Waals surface area (Å²) in [5.74, 6) is 1.03. The van der Waals surface area contributed by atoms with E-state index in [9.17, 15) is 4.79 Å². The van der Waals surface area contributed by atoms with Gasteiger partial charge in [-0.3, -0.25) is 9.69 Å². The Bertz CT molecular complexity index is 962. The quantitative estimate of drug-likeness (QED) is 0.567. The highest BCUT2D eigenvalue weighted by molar-refractivity contribution is 5.79. The van der Waals surface area contributed by atoms with Gasteiger partial charge in [0.15, 0.2) is 0 Å². The second-order valence-electron chi connectivity index (χ2n) is 8.16. The Balaban J connectivity index is 1.42. The third-order valence-electron chi connectivity index (χ3n) is 6.17. The SMILES string of the molecule is COc1ccccc1N1CCN(CC(=O)N(C)C(c2ccccc2)c2ccccc2)CC1. The van der Waals surface area contributed by atoms with Crippen LogP contribution >= 0.6 is 0 Å². The zero-order chi connectivity index (χ0) is 22.3. The summed E-state index contributed by atoms with van der Waals surface area (Å²) in [4.78, 5) is 19.8. The fourth-order valence-corrected chi connectivity index (χ4v) is 4.40. The smallest absolute Gasteiger partial charge is 0.237 e. The highest BCUT2D eigenvalue weighted by Gasteiger charge is 2.26. The highest BCUT2D eigenvalue weighted by Crippen LogP contribution is 2.29. The van der Waals surface area contributed by atoms with Gasteiger partial charge in [0, 0.05) is 33.2 Å². The maximum absolute atomic E-state index is 13.3. The summed E-state index contributed by atoms with van der Waals surface area (Å²) in [5.41, 5.74) is 3.36. The van der Waals surface area contributed by atoms with Crippen LogP contribution in [0.1, 0.15) is 17.2 Å². The number of ether oxygens (including phenoxy) is 1. The number of piperazine rings is 1. The maximum Gasteiger partial charge on any atom is 0.237 e. The predicted octanol–water partition coefficient (Wildman–Crippen LogP) is 4.07. The topological polar surface area (TPSA) is 36.0 Å². The number of methoxy groups -OCH3 is 1. The Hall–Kier alpha value is -3.31. The number of carbonyl (C=O) groups excluding carboxylic acids is 1. The molecule has 1 aliphatic rings. The largest absolute Gasteiger partial charge is 0.495 e. The fourth-order valence-electron chi connectivity index (χ4n) is 4.40. The monoisotopic (exact) mass is 429 g/mol. The number of hydrogen-bond donors (Lipinski definition) is 0. The first-order valence-electron chi connectivity index (χ1n) is 11.1. The molecular formula is C27H31N3O2. The lowest BCUT2D eigenvalue weighted by molar-refractivity contribution is -0.132. The Morgan fingerprint density at radius 2 is 1.38 bits per heavy atom. The van der Waals surface area contributed by atoms with E-state index in [1.165, 1.54) is 0 Å². The van der Waals surface area contributed by atoms with Crippen molar-refractivity contribution in [2.75, 3.05) is 51.8 Å². The molecule has 32 heavy (non-hydrogen) atoms. The van der Waals surface area contributed by atoms with Crippen LogP contribution in [0.2, 0.25) is 0 Å². The van der Waals surface area contributed by atoms with Crippen molar-refractivity contribution < 1.29 is 9.53 Å². The van der Waals surface area contributed by atoms with Gasteiger partial charge in [0.1, 0.15) is 5.75 Å². The Morgan fingerprint density at radius 1 is 0.844 bits per heavy atom. The van der Waals surface area contributed by atoms with Crippen LogP contribution in [-0.4, -0.2) is 62.6 Å². The number of nitrogens with zero attached hydrogens (tertiary/aromatic N) is 3. The summed E-state index contributed by atoms with van der Waals surface area (Å²) in [7, 11) is 3.62. The van der Waals surface area contributed by atoms with Gasteiger partial charge < -0.3 is 14.5 Å². The van der Waals surface area contributed by atoms with Gasteiger partial charge in [0.2, 0.25) is 5.91 Å². The van der Waals surface area contributed by atoms with Crippen molar-refractivity contribution in [2.45, 2.75) is 6.04 Å². The van der Waals surface area contributed by atoms with E-state index in [4.69, 9.17) is 4.74 Å². The van der Waals surface area contributed by atoms with E-state index in [2.05, 4.69) is 40.1 Å². The first-order chi connectivity index (χ1) is 15.7. The molecule has 0 unspecified atom stereocenters. The van der Waals surface area contributed by atoms with E-state index in [1.54, 1.807) is 7.11 Å². The first-order valence-corrected chi connectivity index (χ1v) is 11.1. The number of benzene rings is 3. The molecule has 0 atom stereocenters. The van der Waals surface area contributed by atoms with Crippen molar-refractivity contribution >= 4 is 11.6 Å². The highest BCUT2D eigenvalue weighted by atomic mass is 16.5. The number of para-hydroxylation sites is 2. The molecule has 0 N–H and O–H groups in total. The molecule has 0 bridgehead atoms. The van der Waals surface area contributed by atoms with E-state index < -0.39 is 0 Å². The minimum Gasteiger partial charge on any atom is -0.495 e. The molecule has 1 fully saturated rings. The number of amides is 1. The zero-order valence-corrected chi connectivity index (χ0v) is 18.9. The summed E-state index contributed by atoms with van der Waals surface area (Å²) in [5, 5.41) is 0. The molecule has 1 heterocycles. The molecule has 3 aromatic rings. The Labute approximate surface area is 190 Å².